The monoisotopic (exact) mass is 260 g/mol. The molecule has 1 atom stereocenters. The van der Waals surface area contributed by atoms with E-state index in [1.807, 2.05) is 0 Å². The molecule has 1 aliphatic rings. The molecular formula is C17H28N2. The molecule has 0 aliphatic carbocycles. The minimum Gasteiger partial charge on any atom is -0.298 e. The maximum absolute atomic E-state index is 2.62. The van der Waals surface area contributed by atoms with Gasteiger partial charge in [0, 0.05) is 38.8 Å². The normalized spacial score (nSPS) is 19.5. The Morgan fingerprint density at radius 2 is 1.53 bits per heavy atom. The average molecular weight is 260 g/mol. The lowest BCUT2D eigenvalue weighted by molar-refractivity contribution is 0.0964. The fourth-order valence-corrected chi connectivity index (χ4v) is 2.76. The predicted molar refractivity (Wildman–Crippen MR) is 82.4 cm³/mol. The molecule has 1 aliphatic heterocycles. The molecule has 0 bridgehead atoms. The first-order chi connectivity index (χ1) is 9.22. The van der Waals surface area contributed by atoms with Crippen molar-refractivity contribution in [2.75, 3.05) is 26.2 Å². The van der Waals surface area contributed by atoms with Gasteiger partial charge in [0.15, 0.2) is 0 Å². The van der Waals surface area contributed by atoms with Gasteiger partial charge in [-0.15, -0.1) is 0 Å². The summed E-state index contributed by atoms with van der Waals surface area (Å²) >= 11 is 0. The number of hydrogen-bond donors (Lipinski definition) is 0. The van der Waals surface area contributed by atoms with E-state index in [0.29, 0.717) is 0 Å². The van der Waals surface area contributed by atoms with Crippen LogP contribution < -0.4 is 0 Å². The Morgan fingerprint density at radius 1 is 0.947 bits per heavy atom. The fraction of sp³-hybridized carbons (Fsp3) is 0.647. The Kier molecular flexibility index (Phi) is 5.41. The third-order valence-electron chi connectivity index (χ3n) is 4.46. The van der Waals surface area contributed by atoms with Crippen LogP contribution in [0.4, 0.5) is 0 Å². The number of hydrogen-bond acceptors (Lipinski definition) is 2. The van der Waals surface area contributed by atoms with Crippen molar-refractivity contribution in [3.05, 3.63) is 35.4 Å². The summed E-state index contributed by atoms with van der Waals surface area (Å²) in [6, 6.07) is 9.86. The molecule has 1 heterocycles. The van der Waals surface area contributed by atoms with E-state index in [4.69, 9.17) is 0 Å². The van der Waals surface area contributed by atoms with Crippen LogP contribution in [0.15, 0.2) is 24.3 Å². The van der Waals surface area contributed by atoms with Crippen LogP contribution in [0, 0.1) is 0 Å². The van der Waals surface area contributed by atoms with Crippen LogP contribution in [0.2, 0.25) is 0 Å². The van der Waals surface area contributed by atoms with Crippen molar-refractivity contribution < 1.29 is 0 Å². The highest BCUT2D eigenvalue weighted by atomic mass is 15.3. The van der Waals surface area contributed by atoms with E-state index in [-0.39, 0.29) is 0 Å². The Labute approximate surface area is 118 Å². The smallest absolute Gasteiger partial charge is 0.0234 e. The summed E-state index contributed by atoms with van der Waals surface area (Å²) in [6.07, 6.45) is 2.40. The predicted octanol–water partition coefficient (Wildman–Crippen LogP) is 3.17. The summed E-state index contributed by atoms with van der Waals surface area (Å²) in [5.74, 6) is 0. The molecule has 1 aromatic rings. The van der Waals surface area contributed by atoms with Crippen LogP contribution in [0.25, 0.3) is 0 Å². The molecule has 19 heavy (non-hydrogen) atoms. The summed E-state index contributed by atoms with van der Waals surface area (Å²) in [5, 5.41) is 0. The van der Waals surface area contributed by atoms with Gasteiger partial charge in [-0.3, -0.25) is 9.80 Å². The summed E-state index contributed by atoms with van der Waals surface area (Å²) in [6.45, 7) is 12.8. The molecule has 106 valence electrons. The van der Waals surface area contributed by atoms with E-state index >= 15 is 0 Å². The van der Waals surface area contributed by atoms with E-state index in [1.54, 1.807) is 0 Å². The van der Waals surface area contributed by atoms with Crippen LogP contribution in [0.1, 0.15) is 38.3 Å². The molecule has 2 nitrogen and oxygen atoms in total. The molecule has 2 rings (SSSR count). The first kappa shape index (κ1) is 14.5. The third kappa shape index (κ3) is 4.05. The van der Waals surface area contributed by atoms with E-state index < -0.39 is 0 Å². The molecule has 0 radical (unpaired) electrons. The second-order valence-electron chi connectivity index (χ2n) is 5.74. The van der Waals surface area contributed by atoms with Crippen molar-refractivity contribution in [2.45, 2.75) is 46.2 Å². The maximum atomic E-state index is 2.62. The molecule has 2 heteroatoms. The van der Waals surface area contributed by atoms with E-state index in [9.17, 15) is 0 Å². The van der Waals surface area contributed by atoms with E-state index in [1.165, 1.54) is 43.7 Å². The summed E-state index contributed by atoms with van der Waals surface area (Å²) < 4.78 is 0. The van der Waals surface area contributed by atoms with Gasteiger partial charge in [0.1, 0.15) is 0 Å². The first-order valence-electron chi connectivity index (χ1n) is 7.77. The Hall–Kier alpha value is -0.860. The maximum Gasteiger partial charge on any atom is 0.0234 e. The quantitative estimate of drug-likeness (QED) is 0.802. The van der Waals surface area contributed by atoms with Crippen LogP contribution in [-0.2, 0) is 13.0 Å². The van der Waals surface area contributed by atoms with Crippen molar-refractivity contribution in [2.24, 2.45) is 0 Å². The lowest BCUT2D eigenvalue weighted by atomic mass is 10.1. The second-order valence-corrected chi connectivity index (χ2v) is 5.74. The topological polar surface area (TPSA) is 6.48 Å². The van der Waals surface area contributed by atoms with Gasteiger partial charge >= 0.3 is 0 Å². The van der Waals surface area contributed by atoms with Crippen LogP contribution in [0.3, 0.4) is 0 Å². The second kappa shape index (κ2) is 7.06. The third-order valence-corrected chi connectivity index (χ3v) is 4.46. The number of rotatable bonds is 5. The molecule has 1 fully saturated rings. The highest BCUT2D eigenvalue weighted by Gasteiger charge is 2.19. The van der Waals surface area contributed by atoms with Gasteiger partial charge in [0.05, 0.1) is 0 Å². The van der Waals surface area contributed by atoms with Crippen LogP contribution >= 0.6 is 0 Å². The molecule has 0 amide bonds. The molecular weight excluding hydrogens is 232 g/mol. The van der Waals surface area contributed by atoms with Gasteiger partial charge in [-0.25, -0.2) is 0 Å². The number of nitrogens with zero attached hydrogens (tertiary/aromatic N) is 2. The van der Waals surface area contributed by atoms with Crippen molar-refractivity contribution in [1.82, 2.24) is 9.80 Å². The molecule has 0 N–H and O–H groups in total. The standard InChI is InChI=1S/C17H28N2/c1-4-15(3)19-12-10-18(11-13-19)14-17-8-6-16(5-2)7-9-17/h6-9,15H,4-5,10-14H2,1-3H3/t15-/m1/s1. The highest BCUT2D eigenvalue weighted by molar-refractivity contribution is 5.22. The zero-order valence-corrected chi connectivity index (χ0v) is 12.7. The van der Waals surface area contributed by atoms with Gasteiger partial charge in [0.25, 0.3) is 0 Å². The number of aryl methyl sites for hydroxylation is 1. The summed E-state index contributed by atoms with van der Waals surface area (Å²) in [7, 11) is 0. The van der Waals surface area contributed by atoms with Crippen molar-refractivity contribution in [3.63, 3.8) is 0 Å². The first-order valence-corrected chi connectivity index (χ1v) is 7.77. The Bertz CT molecular complexity index is 363. The molecule has 0 spiro atoms. The summed E-state index contributed by atoms with van der Waals surface area (Å²) in [5.41, 5.74) is 2.89. The Balaban J connectivity index is 1.81. The van der Waals surface area contributed by atoms with Gasteiger partial charge in [0.2, 0.25) is 0 Å². The lowest BCUT2D eigenvalue weighted by Gasteiger charge is -2.37. The van der Waals surface area contributed by atoms with Gasteiger partial charge in [-0.1, -0.05) is 38.1 Å². The van der Waals surface area contributed by atoms with Crippen molar-refractivity contribution in [1.29, 1.82) is 0 Å². The number of piperazine rings is 1. The van der Waals surface area contributed by atoms with Crippen molar-refractivity contribution >= 4 is 0 Å². The molecule has 1 saturated heterocycles. The zero-order chi connectivity index (χ0) is 13.7. The lowest BCUT2D eigenvalue weighted by Crippen LogP contribution is -2.48. The van der Waals surface area contributed by atoms with Gasteiger partial charge in [-0.2, -0.15) is 0 Å². The number of benzene rings is 1. The Morgan fingerprint density at radius 3 is 2.05 bits per heavy atom. The fourth-order valence-electron chi connectivity index (χ4n) is 2.76. The largest absolute Gasteiger partial charge is 0.298 e. The molecule has 1 aromatic carbocycles. The van der Waals surface area contributed by atoms with Crippen LogP contribution in [-0.4, -0.2) is 42.0 Å². The average Bonchev–Trinajstić information content (AvgIpc) is 2.48. The van der Waals surface area contributed by atoms with Gasteiger partial charge in [-0.05, 0) is 30.9 Å². The van der Waals surface area contributed by atoms with E-state index in [0.717, 1.165) is 19.0 Å². The van der Waals surface area contributed by atoms with E-state index in [2.05, 4.69) is 54.8 Å². The molecule has 0 aromatic heterocycles. The van der Waals surface area contributed by atoms with Crippen molar-refractivity contribution in [3.8, 4) is 0 Å². The molecule has 0 saturated carbocycles. The van der Waals surface area contributed by atoms with Crippen LogP contribution in [0.5, 0.6) is 0 Å². The molecule has 0 unspecified atom stereocenters. The minimum absolute atomic E-state index is 0.742. The zero-order valence-electron chi connectivity index (χ0n) is 12.7. The minimum atomic E-state index is 0.742. The summed E-state index contributed by atoms with van der Waals surface area (Å²) in [4.78, 5) is 5.20. The van der Waals surface area contributed by atoms with Gasteiger partial charge < -0.3 is 0 Å². The SMILES string of the molecule is CCc1ccc(CN2CCN([C@H](C)CC)CC2)cc1. The highest BCUT2D eigenvalue weighted by Crippen LogP contribution is 2.12.